The van der Waals surface area contributed by atoms with Gasteiger partial charge in [0.25, 0.3) is 0 Å². The molecular formula is C27H26ClN3O4S. The van der Waals surface area contributed by atoms with Gasteiger partial charge in [0, 0.05) is 23.5 Å². The van der Waals surface area contributed by atoms with E-state index in [2.05, 4.69) is 10.3 Å². The molecule has 2 heterocycles. The van der Waals surface area contributed by atoms with E-state index in [1.165, 1.54) is 22.9 Å². The minimum Gasteiger partial charge on any atom is -0.354 e. The zero-order valence-corrected chi connectivity index (χ0v) is 21.6. The van der Waals surface area contributed by atoms with E-state index < -0.39 is 15.3 Å². The number of nitrogens with zero attached hydrogens (tertiary/aromatic N) is 2. The van der Waals surface area contributed by atoms with Crippen LogP contribution in [0.5, 0.6) is 0 Å². The van der Waals surface area contributed by atoms with Gasteiger partial charge in [0.15, 0.2) is 0 Å². The lowest BCUT2D eigenvalue weighted by atomic mass is 10.1. The van der Waals surface area contributed by atoms with E-state index in [1.807, 2.05) is 19.1 Å². The number of aromatic nitrogens is 2. The molecule has 9 heteroatoms. The number of halogens is 1. The van der Waals surface area contributed by atoms with Crippen molar-refractivity contribution in [2.24, 2.45) is 0 Å². The summed E-state index contributed by atoms with van der Waals surface area (Å²) in [6.45, 7) is 3.94. The van der Waals surface area contributed by atoms with E-state index in [9.17, 15) is 18.0 Å². The Morgan fingerprint density at radius 3 is 2.33 bits per heavy atom. The summed E-state index contributed by atoms with van der Waals surface area (Å²) in [7, 11) is -4.11. The van der Waals surface area contributed by atoms with E-state index in [0.29, 0.717) is 23.7 Å². The second kappa shape index (κ2) is 10.6. The zero-order chi connectivity index (χ0) is 25.9. The Morgan fingerprint density at radius 2 is 1.67 bits per heavy atom. The highest BCUT2D eigenvalue weighted by Crippen LogP contribution is 2.21. The molecule has 0 fully saturated rings. The number of carbonyl (C=O) groups excluding carboxylic acids is 1. The summed E-state index contributed by atoms with van der Waals surface area (Å²) >= 11 is 5.91. The lowest BCUT2D eigenvalue weighted by Gasteiger charge is -2.14. The maximum Gasteiger partial charge on any atom is 0.240 e. The maximum atomic E-state index is 13.4. The second-order valence-electron chi connectivity index (χ2n) is 8.50. The summed E-state index contributed by atoms with van der Waals surface area (Å²) in [5, 5.41) is 3.62. The first-order valence-corrected chi connectivity index (χ1v) is 13.4. The summed E-state index contributed by atoms with van der Waals surface area (Å²) in [5.74, 6) is -0.326. The van der Waals surface area contributed by atoms with Gasteiger partial charge in [-0.1, -0.05) is 42.8 Å². The fourth-order valence-electron chi connectivity index (χ4n) is 3.88. The van der Waals surface area contributed by atoms with E-state index in [1.54, 1.807) is 43.3 Å². The molecule has 2 aromatic heterocycles. The van der Waals surface area contributed by atoms with Crippen molar-refractivity contribution >= 4 is 38.4 Å². The number of sulfone groups is 1. The average Bonchev–Trinajstić information content (AvgIpc) is 2.86. The van der Waals surface area contributed by atoms with Crippen LogP contribution in [0.1, 0.15) is 23.7 Å². The van der Waals surface area contributed by atoms with Gasteiger partial charge in [0.2, 0.25) is 21.2 Å². The van der Waals surface area contributed by atoms with Gasteiger partial charge in [0.05, 0.1) is 10.3 Å². The highest BCUT2D eigenvalue weighted by molar-refractivity contribution is 7.91. The van der Waals surface area contributed by atoms with Crippen LogP contribution in [0, 0.1) is 6.92 Å². The minimum atomic E-state index is -4.11. The first kappa shape index (κ1) is 25.6. The average molecular weight is 524 g/mol. The lowest BCUT2D eigenvalue weighted by molar-refractivity contribution is -0.121. The first-order chi connectivity index (χ1) is 17.2. The van der Waals surface area contributed by atoms with Gasteiger partial charge in [-0.05, 0) is 67.3 Å². The molecule has 36 heavy (non-hydrogen) atoms. The molecule has 4 aromatic rings. The molecule has 7 nitrogen and oxygen atoms in total. The second-order valence-corrected chi connectivity index (χ2v) is 10.9. The Bertz CT molecular complexity index is 1580. The van der Waals surface area contributed by atoms with Crippen LogP contribution in [-0.2, 0) is 34.0 Å². The van der Waals surface area contributed by atoms with Crippen molar-refractivity contribution < 1.29 is 13.2 Å². The molecule has 0 unspecified atom stereocenters. The number of fused-ring (bicyclic) bond motifs is 1. The van der Waals surface area contributed by atoms with E-state index >= 15 is 0 Å². The number of pyridine rings is 2. The molecule has 2 aromatic carbocycles. The molecule has 0 spiro atoms. The fourth-order valence-corrected chi connectivity index (χ4v) is 5.38. The van der Waals surface area contributed by atoms with Crippen molar-refractivity contribution in [2.45, 2.75) is 43.0 Å². The van der Waals surface area contributed by atoms with Crippen LogP contribution >= 0.6 is 11.6 Å². The number of carbonyl (C=O) groups is 1. The molecule has 0 saturated heterocycles. The molecule has 1 N–H and O–H groups in total. The third kappa shape index (κ3) is 5.50. The Hall–Kier alpha value is -3.49. The molecule has 0 aliphatic heterocycles. The van der Waals surface area contributed by atoms with Crippen LogP contribution in [-0.4, -0.2) is 30.4 Å². The molecule has 1 amide bonds. The van der Waals surface area contributed by atoms with Gasteiger partial charge in [-0.15, -0.1) is 0 Å². The van der Waals surface area contributed by atoms with Crippen molar-refractivity contribution in [1.29, 1.82) is 0 Å². The smallest absolute Gasteiger partial charge is 0.240 e. The highest BCUT2D eigenvalue weighted by atomic mass is 35.5. The minimum absolute atomic E-state index is 0.0233. The van der Waals surface area contributed by atoms with Gasteiger partial charge >= 0.3 is 0 Å². The van der Waals surface area contributed by atoms with E-state index in [0.717, 1.165) is 17.5 Å². The Kier molecular flexibility index (Phi) is 7.56. The number of benzene rings is 2. The van der Waals surface area contributed by atoms with Crippen LogP contribution in [0.25, 0.3) is 11.0 Å². The van der Waals surface area contributed by atoms with Gasteiger partial charge in [-0.2, -0.15) is 0 Å². The highest BCUT2D eigenvalue weighted by Gasteiger charge is 2.25. The molecule has 0 bridgehead atoms. The van der Waals surface area contributed by atoms with Crippen molar-refractivity contribution in [3.63, 3.8) is 0 Å². The normalized spacial score (nSPS) is 11.5. The molecular weight excluding hydrogens is 498 g/mol. The third-order valence-electron chi connectivity index (χ3n) is 5.92. The number of hydrogen-bond donors (Lipinski definition) is 1. The van der Waals surface area contributed by atoms with E-state index in [4.69, 9.17) is 11.6 Å². The van der Waals surface area contributed by atoms with Crippen molar-refractivity contribution in [3.05, 3.63) is 98.9 Å². The number of hydrogen-bond acceptors (Lipinski definition) is 5. The molecule has 0 aliphatic rings. The summed E-state index contributed by atoms with van der Waals surface area (Å²) in [5.41, 5.74) is 2.27. The molecule has 0 aliphatic carbocycles. The van der Waals surface area contributed by atoms with Crippen LogP contribution < -0.4 is 10.7 Å². The number of amides is 1. The topological polar surface area (TPSA) is 98.1 Å². The van der Waals surface area contributed by atoms with Crippen molar-refractivity contribution in [3.8, 4) is 0 Å². The van der Waals surface area contributed by atoms with Crippen LogP contribution in [0.3, 0.4) is 0 Å². The Labute approximate surface area is 214 Å². The fraction of sp³-hybridized carbons (Fsp3) is 0.222. The Balaban J connectivity index is 1.65. The molecule has 0 saturated carbocycles. The predicted octanol–water partition coefficient (Wildman–Crippen LogP) is 4.11. The number of rotatable bonds is 8. The monoisotopic (exact) mass is 523 g/mol. The van der Waals surface area contributed by atoms with Gasteiger partial charge in [-0.25, -0.2) is 13.4 Å². The SMILES string of the molecule is CCc1ccc(S(=O)(=O)c2cn(CC(=O)NCCc3ccc(Cl)cc3)c3nc(C)ccc3c2=O)cc1. The molecule has 0 atom stereocenters. The van der Waals surface area contributed by atoms with Crippen LogP contribution in [0.2, 0.25) is 5.02 Å². The number of aryl methyl sites for hydroxylation is 2. The molecule has 0 radical (unpaired) electrons. The summed E-state index contributed by atoms with van der Waals surface area (Å²) in [6, 6.07) is 17.0. The van der Waals surface area contributed by atoms with Gasteiger partial charge in [0.1, 0.15) is 17.1 Å². The van der Waals surface area contributed by atoms with Gasteiger partial charge in [-0.3, -0.25) is 9.59 Å². The quantitative estimate of drug-likeness (QED) is 0.375. The first-order valence-electron chi connectivity index (χ1n) is 11.5. The van der Waals surface area contributed by atoms with Crippen LogP contribution in [0.4, 0.5) is 0 Å². The van der Waals surface area contributed by atoms with Crippen molar-refractivity contribution in [1.82, 2.24) is 14.9 Å². The number of nitrogens with one attached hydrogen (secondary N) is 1. The summed E-state index contributed by atoms with van der Waals surface area (Å²) < 4.78 is 28.2. The summed E-state index contributed by atoms with van der Waals surface area (Å²) in [4.78, 5) is 30.0. The predicted molar refractivity (Wildman–Crippen MR) is 140 cm³/mol. The molecule has 186 valence electrons. The van der Waals surface area contributed by atoms with Gasteiger partial charge < -0.3 is 9.88 Å². The van der Waals surface area contributed by atoms with Crippen molar-refractivity contribution in [2.75, 3.05) is 6.54 Å². The largest absolute Gasteiger partial charge is 0.354 e. The van der Waals surface area contributed by atoms with E-state index in [-0.39, 0.29) is 33.3 Å². The third-order valence-corrected chi connectivity index (χ3v) is 7.94. The van der Waals surface area contributed by atoms with Crippen LogP contribution in [0.15, 0.2) is 81.4 Å². The maximum absolute atomic E-state index is 13.4. The Morgan fingerprint density at radius 1 is 1.00 bits per heavy atom. The standard InChI is InChI=1S/C27H26ClN3O4S/c1-3-19-7-11-22(12-8-19)36(34,35)24-16-31(27-23(26(24)33)13-4-18(2)30-27)17-25(32)29-15-14-20-5-9-21(28)10-6-20/h4-13,16H,3,14-15,17H2,1-2H3,(H,29,32). The molecule has 4 rings (SSSR count). The summed E-state index contributed by atoms with van der Waals surface area (Å²) in [6.07, 6.45) is 2.60. The lowest BCUT2D eigenvalue weighted by Crippen LogP contribution is -2.30. The zero-order valence-electron chi connectivity index (χ0n) is 20.0.